The highest BCUT2D eigenvalue weighted by Crippen LogP contribution is 2.32. The zero-order valence-electron chi connectivity index (χ0n) is 18.6. The Morgan fingerprint density at radius 1 is 1.16 bits per heavy atom. The monoisotopic (exact) mass is 432 g/mol. The number of carbonyl (C=O) groups excluding carboxylic acids is 2. The molecule has 0 fully saturated rings. The first kappa shape index (κ1) is 24.1. The van der Waals surface area contributed by atoms with Crippen molar-refractivity contribution in [3.05, 3.63) is 53.1 Å². The van der Waals surface area contributed by atoms with Crippen molar-refractivity contribution in [3.8, 4) is 11.5 Å². The summed E-state index contributed by atoms with van der Waals surface area (Å²) in [5, 5.41) is 12.5. The number of nitrogens with one attached hydrogen (secondary N) is 1. The number of carbonyl (C=O) groups is 2. The van der Waals surface area contributed by atoms with Crippen LogP contribution >= 0.6 is 0 Å². The van der Waals surface area contributed by atoms with Crippen LogP contribution in [0, 0.1) is 18.7 Å². The number of esters is 1. The second kappa shape index (κ2) is 10.2. The minimum Gasteiger partial charge on any atom is -0.503 e. The molecule has 168 valence electrons. The van der Waals surface area contributed by atoms with Gasteiger partial charge in [-0.1, -0.05) is 19.9 Å². The summed E-state index contributed by atoms with van der Waals surface area (Å²) >= 11 is 0. The van der Waals surface area contributed by atoms with Crippen LogP contribution < -0.4 is 10.1 Å². The molecule has 31 heavy (non-hydrogen) atoms. The van der Waals surface area contributed by atoms with Gasteiger partial charge in [0.2, 0.25) is 0 Å². The number of aryl methyl sites for hydroxylation is 1. The number of nitrogens with zero attached hydrogens (tertiary/aromatic N) is 1. The van der Waals surface area contributed by atoms with Crippen LogP contribution in [0.3, 0.4) is 0 Å². The topological polar surface area (TPSA) is 97.8 Å². The molecule has 1 aromatic carbocycles. The van der Waals surface area contributed by atoms with Crippen LogP contribution in [0.5, 0.6) is 11.5 Å². The molecule has 1 amide bonds. The summed E-state index contributed by atoms with van der Waals surface area (Å²) in [6.45, 7) is 9.08. The van der Waals surface area contributed by atoms with E-state index in [0.29, 0.717) is 0 Å². The van der Waals surface area contributed by atoms with Gasteiger partial charge >= 0.3 is 5.97 Å². The van der Waals surface area contributed by atoms with E-state index in [-0.39, 0.29) is 29.1 Å². The number of pyridine rings is 1. The Kier molecular flexibility index (Phi) is 7.96. The minimum absolute atomic E-state index is 0.0958. The molecule has 0 aliphatic carbocycles. The van der Waals surface area contributed by atoms with Gasteiger partial charge < -0.3 is 19.9 Å². The molecule has 0 saturated heterocycles. The molecule has 1 aromatic heterocycles. The van der Waals surface area contributed by atoms with Crippen molar-refractivity contribution < 1.29 is 28.6 Å². The van der Waals surface area contributed by atoms with E-state index >= 15 is 0 Å². The van der Waals surface area contributed by atoms with E-state index in [1.165, 1.54) is 38.4 Å². The maximum absolute atomic E-state index is 13.5. The number of amides is 1. The lowest BCUT2D eigenvalue weighted by molar-refractivity contribution is -0.151. The van der Waals surface area contributed by atoms with Gasteiger partial charge in [0.1, 0.15) is 18.0 Å². The predicted octanol–water partition coefficient (Wildman–Crippen LogP) is 3.73. The minimum atomic E-state index is -0.982. The third-order valence-corrected chi connectivity index (χ3v) is 5.14. The normalized spacial score (nSPS) is 13.9. The molecule has 0 spiro atoms. The number of hydrogen-bond donors (Lipinski definition) is 2. The number of halogens is 1. The van der Waals surface area contributed by atoms with E-state index in [9.17, 15) is 19.1 Å². The summed E-state index contributed by atoms with van der Waals surface area (Å²) < 4.78 is 24.1. The Hall–Kier alpha value is -3.16. The average Bonchev–Trinajstić information content (AvgIpc) is 2.69. The molecule has 2 aromatic rings. The molecule has 0 unspecified atom stereocenters. The molecular formula is C23H29FN2O5. The Bertz CT molecular complexity index is 948. The second-order valence-electron chi connectivity index (χ2n) is 7.82. The van der Waals surface area contributed by atoms with Crippen molar-refractivity contribution in [3.63, 3.8) is 0 Å². The third-order valence-electron chi connectivity index (χ3n) is 5.14. The first-order valence-corrected chi connectivity index (χ1v) is 10.1. The Balaban J connectivity index is 2.11. The van der Waals surface area contributed by atoms with E-state index in [1.807, 2.05) is 20.8 Å². The highest BCUT2D eigenvalue weighted by molar-refractivity contribution is 5.97. The lowest BCUT2D eigenvalue weighted by atomic mass is 9.82. The van der Waals surface area contributed by atoms with Gasteiger partial charge in [-0.3, -0.25) is 4.79 Å². The fraction of sp³-hybridized carbons (Fsp3) is 0.435. The maximum Gasteiger partial charge on any atom is 0.328 e. The van der Waals surface area contributed by atoms with Crippen molar-refractivity contribution in [1.29, 1.82) is 0 Å². The highest BCUT2D eigenvalue weighted by atomic mass is 19.1. The Morgan fingerprint density at radius 3 is 2.42 bits per heavy atom. The summed E-state index contributed by atoms with van der Waals surface area (Å²) in [5.41, 5.74) is 1.43. The maximum atomic E-state index is 13.5. The smallest absolute Gasteiger partial charge is 0.328 e. The van der Waals surface area contributed by atoms with E-state index < -0.39 is 29.8 Å². The number of hydrogen-bond acceptors (Lipinski definition) is 6. The molecule has 1 heterocycles. The largest absolute Gasteiger partial charge is 0.503 e. The zero-order chi connectivity index (χ0) is 23.3. The molecule has 8 heteroatoms. The fourth-order valence-corrected chi connectivity index (χ4v) is 3.62. The van der Waals surface area contributed by atoms with Crippen LogP contribution in [0.15, 0.2) is 30.5 Å². The Morgan fingerprint density at radius 2 is 1.84 bits per heavy atom. The molecule has 0 radical (unpaired) electrons. The van der Waals surface area contributed by atoms with E-state index in [2.05, 4.69) is 10.3 Å². The van der Waals surface area contributed by atoms with Crippen molar-refractivity contribution in [2.24, 2.45) is 5.92 Å². The van der Waals surface area contributed by atoms with E-state index in [1.54, 1.807) is 13.0 Å². The first-order valence-electron chi connectivity index (χ1n) is 10.1. The van der Waals surface area contributed by atoms with Crippen LogP contribution in [0.4, 0.5) is 4.39 Å². The number of aromatic nitrogens is 1. The van der Waals surface area contributed by atoms with E-state index in [4.69, 9.17) is 9.47 Å². The van der Waals surface area contributed by atoms with Gasteiger partial charge in [-0.15, -0.1) is 0 Å². The number of aromatic hydroxyl groups is 1. The van der Waals surface area contributed by atoms with Crippen LogP contribution in [-0.4, -0.2) is 41.2 Å². The van der Waals surface area contributed by atoms with Gasteiger partial charge in [0, 0.05) is 18.2 Å². The first-order chi connectivity index (χ1) is 14.6. The predicted molar refractivity (Wildman–Crippen MR) is 114 cm³/mol. The summed E-state index contributed by atoms with van der Waals surface area (Å²) in [7, 11) is 1.35. The molecule has 0 aliphatic heterocycles. The van der Waals surface area contributed by atoms with Crippen LogP contribution in [0.2, 0.25) is 0 Å². The van der Waals surface area contributed by atoms with Crippen molar-refractivity contribution in [1.82, 2.24) is 10.3 Å². The van der Waals surface area contributed by atoms with Crippen molar-refractivity contribution in [2.75, 3.05) is 7.11 Å². The summed E-state index contributed by atoms with van der Waals surface area (Å²) in [5.74, 6) is -2.04. The molecule has 7 nitrogen and oxygen atoms in total. The van der Waals surface area contributed by atoms with Crippen molar-refractivity contribution >= 4 is 11.9 Å². The number of ether oxygens (including phenoxy) is 2. The van der Waals surface area contributed by atoms with Gasteiger partial charge in [0.15, 0.2) is 17.2 Å². The van der Waals surface area contributed by atoms with Gasteiger partial charge in [-0.2, -0.15) is 0 Å². The summed E-state index contributed by atoms with van der Waals surface area (Å²) in [6, 6.07) is 4.99. The van der Waals surface area contributed by atoms with Gasteiger partial charge in [0.05, 0.1) is 7.11 Å². The highest BCUT2D eigenvalue weighted by Gasteiger charge is 2.30. The average molecular weight is 432 g/mol. The number of rotatable bonds is 8. The third kappa shape index (κ3) is 5.71. The SMILES string of the molecule is COc1ccnc(C(=O)N[C@@H](C)C(=O)O[C@@H](C)[C@@H](c2ccc(F)cc2C)C(C)C)c1O. The molecule has 0 aliphatic rings. The van der Waals surface area contributed by atoms with Crippen LogP contribution in [-0.2, 0) is 9.53 Å². The van der Waals surface area contributed by atoms with Gasteiger partial charge in [-0.25, -0.2) is 14.2 Å². The van der Waals surface area contributed by atoms with Crippen LogP contribution in [0.1, 0.15) is 55.2 Å². The van der Waals surface area contributed by atoms with Gasteiger partial charge in [-0.05, 0) is 49.9 Å². The zero-order valence-corrected chi connectivity index (χ0v) is 18.6. The molecule has 0 bridgehead atoms. The molecular weight excluding hydrogens is 403 g/mol. The van der Waals surface area contributed by atoms with Crippen LogP contribution in [0.25, 0.3) is 0 Å². The van der Waals surface area contributed by atoms with Crippen molar-refractivity contribution in [2.45, 2.75) is 52.7 Å². The second-order valence-corrected chi connectivity index (χ2v) is 7.82. The molecule has 2 rings (SSSR count). The molecule has 3 atom stereocenters. The molecule has 2 N–H and O–H groups in total. The fourth-order valence-electron chi connectivity index (χ4n) is 3.62. The Labute approximate surface area is 181 Å². The summed E-state index contributed by atoms with van der Waals surface area (Å²) in [6.07, 6.45) is 0.802. The summed E-state index contributed by atoms with van der Waals surface area (Å²) in [4.78, 5) is 28.9. The lowest BCUT2D eigenvalue weighted by Gasteiger charge is -2.30. The van der Waals surface area contributed by atoms with E-state index in [0.717, 1.165) is 11.1 Å². The quantitative estimate of drug-likeness (QED) is 0.617. The number of methoxy groups -OCH3 is 1. The molecule has 0 saturated carbocycles. The lowest BCUT2D eigenvalue weighted by Crippen LogP contribution is -2.42. The standard InChI is InChI=1S/C23H29FN2O5/c1-12(2)19(17-8-7-16(24)11-13(17)3)15(5)31-23(29)14(4)26-22(28)20-21(27)18(30-6)9-10-25-20/h7-12,14-15,19,27H,1-6H3,(H,26,28)/t14-,15-,19-/m0/s1. The number of benzene rings is 1. The van der Waals surface area contributed by atoms with Gasteiger partial charge in [0.25, 0.3) is 5.91 Å².